The molecule has 4 N–H and O–H groups in total. The summed E-state index contributed by atoms with van der Waals surface area (Å²) in [4.78, 5) is 29.0. The number of amides is 2. The number of carbonyl (C=O) groups excluding carboxylic acids is 2. The molecule has 0 bridgehead atoms. The van der Waals surface area contributed by atoms with E-state index < -0.39 is 6.04 Å². The maximum absolute atomic E-state index is 13.0. The van der Waals surface area contributed by atoms with E-state index >= 15 is 0 Å². The maximum atomic E-state index is 13.0. The Hall–Kier alpha value is -3.52. The standard InChI is InChI=1S/C28H36N4O4/c1-18(2)26(28(34)31-16-20-8-9-24-25(14-20)36-13-5-12-35-24)32-27(33)19(3)15-29-17-21-6-4-7-23-22(21)10-11-30-23/h4,6-11,14,18-19,26,29-30H,5,12-13,15-17H2,1-3H3,(H,31,34)(H,32,33)/t19?,26-/m0/s1. The molecular weight excluding hydrogens is 456 g/mol. The van der Waals surface area contributed by atoms with E-state index in [0.29, 0.717) is 38.6 Å². The van der Waals surface area contributed by atoms with Gasteiger partial charge in [0.15, 0.2) is 11.5 Å². The normalized spacial score (nSPS) is 14.8. The first-order valence-corrected chi connectivity index (χ1v) is 12.6. The van der Waals surface area contributed by atoms with Crippen LogP contribution in [0.5, 0.6) is 11.5 Å². The highest BCUT2D eigenvalue weighted by molar-refractivity contribution is 5.88. The van der Waals surface area contributed by atoms with Crippen molar-refractivity contribution in [1.82, 2.24) is 20.9 Å². The van der Waals surface area contributed by atoms with E-state index in [9.17, 15) is 9.59 Å². The number of aromatic amines is 1. The number of fused-ring (bicyclic) bond motifs is 2. The molecule has 8 nitrogen and oxygen atoms in total. The Balaban J connectivity index is 1.27. The van der Waals surface area contributed by atoms with Gasteiger partial charge in [-0.2, -0.15) is 0 Å². The zero-order chi connectivity index (χ0) is 25.5. The van der Waals surface area contributed by atoms with Crippen LogP contribution in [0, 0.1) is 11.8 Å². The molecule has 1 aromatic heterocycles. The van der Waals surface area contributed by atoms with Crippen LogP contribution in [0.1, 0.15) is 38.3 Å². The Morgan fingerprint density at radius 2 is 1.78 bits per heavy atom. The van der Waals surface area contributed by atoms with E-state index in [1.54, 1.807) is 0 Å². The van der Waals surface area contributed by atoms with Gasteiger partial charge in [0.05, 0.1) is 13.2 Å². The first kappa shape index (κ1) is 25.6. The first-order valence-electron chi connectivity index (χ1n) is 12.6. The van der Waals surface area contributed by atoms with Gasteiger partial charge < -0.3 is 30.4 Å². The number of nitrogens with one attached hydrogen (secondary N) is 4. The number of hydrogen-bond donors (Lipinski definition) is 4. The zero-order valence-corrected chi connectivity index (χ0v) is 21.2. The van der Waals surface area contributed by atoms with Gasteiger partial charge in [0, 0.05) is 49.1 Å². The fourth-order valence-corrected chi connectivity index (χ4v) is 4.27. The molecule has 3 aromatic rings. The molecule has 1 aliphatic rings. The summed E-state index contributed by atoms with van der Waals surface area (Å²) in [5.41, 5.74) is 3.18. The fourth-order valence-electron chi connectivity index (χ4n) is 4.27. The van der Waals surface area contributed by atoms with Gasteiger partial charge in [-0.25, -0.2) is 0 Å². The summed E-state index contributed by atoms with van der Waals surface area (Å²) in [6.07, 6.45) is 2.77. The van der Waals surface area contributed by atoms with Crippen molar-refractivity contribution >= 4 is 22.7 Å². The third-order valence-electron chi connectivity index (χ3n) is 6.42. The number of carbonyl (C=O) groups is 2. The molecule has 0 saturated carbocycles. The van der Waals surface area contributed by atoms with Crippen LogP contribution in [-0.4, -0.2) is 42.6 Å². The van der Waals surface area contributed by atoms with Gasteiger partial charge in [0.1, 0.15) is 6.04 Å². The van der Waals surface area contributed by atoms with Crippen molar-refractivity contribution in [1.29, 1.82) is 0 Å². The molecule has 192 valence electrons. The molecule has 4 rings (SSSR count). The summed E-state index contributed by atoms with van der Waals surface area (Å²) in [6, 6.07) is 13.3. The monoisotopic (exact) mass is 492 g/mol. The molecule has 0 fully saturated rings. The molecule has 0 spiro atoms. The number of H-pyrrole nitrogens is 1. The highest BCUT2D eigenvalue weighted by atomic mass is 16.5. The van der Waals surface area contributed by atoms with E-state index in [4.69, 9.17) is 9.47 Å². The third-order valence-corrected chi connectivity index (χ3v) is 6.42. The number of hydrogen-bond acceptors (Lipinski definition) is 5. The summed E-state index contributed by atoms with van der Waals surface area (Å²) >= 11 is 0. The summed E-state index contributed by atoms with van der Waals surface area (Å²) in [6.45, 7) is 8.49. The highest BCUT2D eigenvalue weighted by Crippen LogP contribution is 2.30. The molecule has 0 saturated heterocycles. The average Bonchev–Trinajstić information content (AvgIpc) is 3.24. The lowest BCUT2D eigenvalue weighted by Crippen LogP contribution is -2.51. The molecule has 2 aromatic carbocycles. The predicted octanol–water partition coefficient (Wildman–Crippen LogP) is 3.51. The van der Waals surface area contributed by atoms with Crippen LogP contribution in [0.3, 0.4) is 0 Å². The number of benzene rings is 2. The van der Waals surface area contributed by atoms with Crippen molar-refractivity contribution in [2.45, 2.75) is 46.3 Å². The molecule has 8 heteroatoms. The lowest BCUT2D eigenvalue weighted by molar-refractivity contribution is -0.131. The van der Waals surface area contributed by atoms with Crippen LogP contribution in [0.15, 0.2) is 48.7 Å². The van der Waals surface area contributed by atoms with Crippen LogP contribution >= 0.6 is 0 Å². The Morgan fingerprint density at radius 3 is 2.58 bits per heavy atom. The van der Waals surface area contributed by atoms with Crippen molar-refractivity contribution in [3.8, 4) is 11.5 Å². The van der Waals surface area contributed by atoms with Crippen molar-refractivity contribution in [2.24, 2.45) is 11.8 Å². The van der Waals surface area contributed by atoms with Gasteiger partial charge in [-0.3, -0.25) is 9.59 Å². The largest absolute Gasteiger partial charge is 0.490 e. The Kier molecular flexibility index (Phi) is 8.48. The minimum Gasteiger partial charge on any atom is -0.490 e. The smallest absolute Gasteiger partial charge is 0.243 e. The first-order chi connectivity index (χ1) is 17.4. The van der Waals surface area contributed by atoms with E-state index in [0.717, 1.165) is 23.3 Å². The Bertz CT molecular complexity index is 1190. The van der Waals surface area contributed by atoms with Crippen LogP contribution in [0.25, 0.3) is 10.9 Å². The lowest BCUT2D eigenvalue weighted by atomic mass is 10.0. The van der Waals surface area contributed by atoms with Crippen molar-refractivity contribution in [3.63, 3.8) is 0 Å². The SMILES string of the molecule is CC(CNCc1cccc2[nH]ccc12)C(=O)N[C@H](C(=O)NCc1ccc2c(c1)OCCCO2)C(C)C. The van der Waals surface area contributed by atoms with E-state index in [1.807, 2.05) is 57.3 Å². The van der Waals surface area contributed by atoms with Gasteiger partial charge in [-0.15, -0.1) is 0 Å². The number of ether oxygens (including phenoxy) is 2. The number of rotatable bonds is 10. The molecule has 2 amide bonds. The van der Waals surface area contributed by atoms with Crippen molar-refractivity contribution < 1.29 is 19.1 Å². The molecule has 1 unspecified atom stereocenters. The van der Waals surface area contributed by atoms with E-state index in [2.05, 4.69) is 33.1 Å². The van der Waals surface area contributed by atoms with E-state index in [-0.39, 0.29) is 23.7 Å². The highest BCUT2D eigenvalue weighted by Gasteiger charge is 2.26. The van der Waals surface area contributed by atoms with E-state index in [1.165, 1.54) is 10.9 Å². The van der Waals surface area contributed by atoms with Gasteiger partial charge >= 0.3 is 0 Å². The van der Waals surface area contributed by atoms with Crippen LogP contribution in [0.2, 0.25) is 0 Å². The fraction of sp³-hybridized carbons (Fsp3) is 0.429. The molecule has 2 atom stereocenters. The summed E-state index contributed by atoms with van der Waals surface area (Å²) in [5.74, 6) is 0.733. The molecule has 0 aliphatic carbocycles. The van der Waals surface area contributed by atoms with Crippen LogP contribution in [-0.2, 0) is 22.7 Å². The predicted molar refractivity (Wildman–Crippen MR) is 140 cm³/mol. The average molecular weight is 493 g/mol. The molecule has 1 aliphatic heterocycles. The van der Waals surface area contributed by atoms with Crippen LogP contribution in [0.4, 0.5) is 0 Å². The number of aromatic nitrogens is 1. The van der Waals surface area contributed by atoms with Crippen molar-refractivity contribution in [3.05, 3.63) is 59.8 Å². The van der Waals surface area contributed by atoms with Gasteiger partial charge in [0.25, 0.3) is 0 Å². The Morgan fingerprint density at radius 1 is 0.972 bits per heavy atom. The van der Waals surface area contributed by atoms with Crippen molar-refractivity contribution in [2.75, 3.05) is 19.8 Å². The maximum Gasteiger partial charge on any atom is 0.243 e. The van der Waals surface area contributed by atoms with Gasteiger partial charge in [-0.05, 0) is 41.3 Å². The second-order valence-electron chi connectivity index (χ2n) is 9.67. The lowest BCUT2D eigenvalue weighted by Gasteiger charge is -2.24. The Labute approximate surface area is 212 Å². The molecule has 2 heterocycles. The van der Waals surface area contributed by atoms with Crippen LogP contribution < -0.4 is 25.4 Å². The molecule has 0 radical (unpaired) electrons. The van der Waals surface area contributed by atoms with Gasteiger partial charge in [-0.1, -0.05) is 39.0 Å². The summed E-state index contributed by atoms with van der Waals surface area (Å²) in [5, 5.41) is 10.4. The third kappa shape index (κ3) is 6.37. The summed E-state index contributed by atoms with van der Waals surface area (Å²) in [7, 11) is 0. The minimum atomic E-state index is -0.617. The minimum absolute atomic E-state index is 0.0518. The van der Waals surface area contributed by atoms with Gasteiger partial charge in [0.2, 0.25) is 11.8 Å². The quantitative estimate of drug-likeness (QED) is 0.347. The molecule has 36 heavy (non-hydrogen) atoms. The second-order valence-corrected chi connectivity index (χ2v) is 9.67. The second kappa shape index (κ2) is 11.9. The zero-order valence-electron chi connectivity index (χ0n) is 21.2. The topological polar surface area (TPSA) is 104 Å². The molecular formula is C28H36N4O4. The summed E-state index contributed by atoms with van der Waals surface area (Å²) < 4.78 is 11.4.